The maximum atomic E-state index is 6.54. The first-order valence-electron chi connectivity index (χ1n) is 17.0. The van der Waals surface area contributed by atoms with Crippen molar-refractivity contribution in [2.24, 2.45) is 0 Å². The van der Waals surface area contributed by atoms with E-state index < -0.39 is 0 Å². The highest BCUT2D eigenvalue weighted by molar-refractivity contribution is 6.16. The van der Waals surface area contributed by atoms with E-state index in [1.54, 1.807) is 0 Å². The van der Waals surface area contributed by atoms with Gasteiger partial charge in [0.2, 0.25) is 0 Å². The van der Waals surface area contributed by atoms with Gasteiger partial charge in [0.1, 0.15) is 22.3 Å². The second-order valence-electron chi connectivity index (χ2n) is 14.1. The van der Waals surface area contributed by atoms with Gasteiger partial charge in [-0.2, -0.15) is 0 Å². The predicted octanol–water partition coefficient (Wildman–Crippen LogP) is 13.4. The van der Waals surface area contributed by atoms with Crippen molar-refractivity contribution in [2.75, 3.05) is 0 Å². The maximum absolute atomic E-state index is 6.54. The third-order valence-corrected chi connectivity index (χ3v) is 11.0. The number of fused-ring (bicyclic) bond motifs is 11. The van der Waals surface area contributed by atoms with Gasteiger partial charge >= 0.3 is 0 Å². The van der Waals surface area contributed by atoms with Crippen LogP contribution in [0.4, 0.5) is 0 Å². The third-order valence-electron chi connectivity index (χ3n) is 11.0. The molecule has 0 N–H and O–H groups in total. The molecule has 1 aliphatic rings. The largest absolute Gasteiger partial charge is 0.456 e. The van der Waals surface area contributed by atoms with Gasteiger partial charge in [0, 0.05) is 27.0 Å². The SMILES string of the molecule is CC1(C)c2cc3ccccc3cc2-c2c(-c3ccc4oc5ccccc5c4c3)cc(-c3cccc4oc5cc6ccccc6cc5c34)cc21. The van der Waals surface area contributed by atoms with E-state index in [1.807, 2.05) is 6.07 Å². The predicted molar refractivity (Wildman–Crippen MR) is 204 cm³/mol. The van der Waals surface area contributed by atoms with Gasteiger partial charge in [0.15, 0.2) is 0 Å². The molecule has 10 aromatic rings. The first kappa shape index (κ1) is 26.9. The summed E-state index contributed by atoms with van der Waals surface area (Å²) >= 11 is 0. The molecule has 0 aliphatic heterocycles. The minimum atomic E-state index is -0.200. The van der Waals surface area contributed by atoms with E-state index in [2.05, 4.69) is 153 Å². The van der Waals surface area contributed by atoms with Gasteiger partial charge in [0.25, 0.3) is 0 Å². The number of hydrogen-bond acceptors (Lipinski definition) is 2. The zero-order valence-corrected chi connectivity index (χ0v) is 27.2. The number of furan rings is 2. The molecule has 11 rings (SSSR count). The Morgan fingerprint density at radius 1 is 0.388 bits per heavy atom. The third kappa shape index (κ3) is 3.72. The Kier molecular flexibility index (Phi) is 5.21. The Bertz CT molecular complexity index is 3020. The van der Waals surface area contributed by atoms with Crippen LogP contribution in [0.25, 0.3) is 98.8 Å². The normalized spacial score (nSPS) is 13.7. The minimum Gasteiger partial charge on any atom is -0.456 e. The van der Waals surface area contributed by atoms with Gasteiger partial charge in [-0.1, -0.05) is 98.8 Å². The minimum absolute atomic E-state index is 0.200. The van der Waals surface area contributed by atoms with E-state index >= 15 is 0 Å². The molecule has 49 heavy (non-hydrogen) atoms. The molecule has 230 valence electrons. The Morgan fingerprint density at radius 3 is 1.90 bits per heavy atom. The van der Waals surface area contributed by atoms with Crippen LogP contribution in [0.15, 0.2) is 154 Å². The van der Waals surface area contributed by atoms with Gasteiger partial charge in [0.05, 0.1) is 0 Å². The zero-order valence-electron chi connectivity index (χ0n) is 27.2. The fraction of sp³-hybridized carbons (Fsp3) is 0.0638. The van der Waals surface area contributed by atoms with Crippen molar-refractivity contribution in [2.45, 2.75) is 19.3 Å². The van der Waals surface area contributed by atoms with Crippen LogP contribution >= 0.6 is 0 Å². The molecular formula is C47H30O2. The molecule has 1 aliphatic carbocycles. The van der Waals surface area contributed by atoms with E-state index in [4.69, 9.17) is 8.83 Å². The summed E-state index contributed by atoms with van der Waals surface area (Å²) in [4.78, 5) is 0. The molecule has 0 bridgehead atoms. The van der Waals surface area contributed by atoms with Crippen LogP contribution in [-0.4, -0.2) is 0 Å². The Labute approximate surface area is 282 Å². The summed E-state index contributed by atoms with van der Waals surface area (Å²) in [6.45, 7) is 4.76. The van der Waals surface area contributed by atoms with E-state index in [0.717, 1.165) is 43.9 Å². The highest BCUT2D eigenvalue weighted by atomic mass is 16.3. The van der Waals surface area contributed by atoms with Crippen molar-refractivity contribution in [3.05, 3.63) is 157 Å². The lowest BCUT2D eigenvalue weighted by atomic mass is 9.80. The fourth-order valence-electron chi connectivity index (χ4n) is 8.56. The molecular weight excluding hydrogens is 597 g/mol. The number of para-hydroxylation sites is 1. The average Bonchev–Trinajstić information content (AvgIpc) is 3.76. The van der Waals surface area contributed by atoms with Gasteiger partial charge in [-0.05, 0) is 127 Å². The van der Waals surface area contributed by atoms with Crippen molar-refractivity contribution < 1.29 is 8.83 Å². The molecule has 2 aromatic heterocycles. The molecule has 0 fully saturated rings. The van der Waals surface area contributed by atoms with Crippen LogP contribution in [0.5, 0.6) is 0 Å². The first-order valence-corrected chi connectivity index (χ1v) is 17.0. The van der Waals surface area contributed by atoms with Crippen LogP contribution in [0.1, 0.15) is 25.0 Å². The summed E-state index contributed by atoms with van der Waals surface area (Å²) in [6, 6.07) is 52.9. The van der Waals surface area contributed by atoms with Crippen LogP contribution in [-0.2, 0) is 5.41 Å². The summed E-state index contributed by atoms with van der Waals surface area (Å²) in [5.74, 6) is 0. The Hall–Kier alpha value is -6.12. The highest BCUT2D eigenvalue weighted by Gasteiger charge is 2.38. The lowest BCUT2D eigenvalue weighted by Crippen LogP contribution is -2.15. The average molecular weight is 627 g/mol. The topological polar surface area (TPSA) is 26.3 Å². The molecule has 8 aromatic carbocycles. The molecule has 0 radical (unpaired) electrons. The van der Waals surface area contributed by atoms with E-state index in [-0.39, 0.29) is 5.41 Å². The lowest BCUT2D eigenvalue weighted by Gasteiger charge is -2.23. The van der Waals surface area contributed by atoms with Crippen molar-refractivity contribution >= 4 is 65.4 Å². The lowest BCUT2D eigenvalue weighted by molar-refractivity contribution is 0.661. The van der Waals surface area contributed by atoms with Crippen LogP contribution in [0.3, 0.4) is 0 Å². The molecule has 0 atom stereocenters. The number of rotatable bonds is 2. The molecule has 0 spiro atoms. The molecule has 2 heterocycles. The van der Waals surface area contributed by atoms with Gasteiger partial charge < -0.3 is 8.83 Å². The Morgan fingerprint density at radius 2 is 1.06 bits per heavy atom. The monoisotopic (exact) mass is 626 g/mol. The van der Waals surface area contributed by atoms with Crippen molar-refractivity contribution in [3.63, 3.8) is 0 Å². The summed E-state index contributed by atoms with van der Waals surface area (Å²) in [5.41, 5.74) is 13.6. The zero-order chi connectivity index (χ0) is 32.4. The van der Waals surface area contributed by atoms with Crippen molar-refractivity contribution in [3.8, 4) is 33.4 Å². The summed E-state index contributed by atoms with van der Waals surface area (Å²) in [5, 5.41) is 9.51. The molecule has 0 saturated carbocycles. The number of hydrogen-bond donors (Lipinski definition) is 0. The van der Waals surface area contributed by atoms with Crippen LogP contribution < -0.4 is 0 Å². The van der Waals surface area contributed by atoms with Crippen LogP contribution in [0.2, 0.25) is 0 Å². The fourth-order valence-corrected chi connectivity index (χ4v) is 8.56. The van der Waals surface area contributed by atoms with E-state index in [9.17, 15) is 0 Å². The molecule has 0 amide bonds. The van der Waals surface area contributed by atoms with Crippen molar-refractivity contribution in [1.29, 1.82) is 0 Å². The molecule has 2 heteroatoms. The summed E-state index contributed by atoms with van der Waals surface area (Å²) < 4.78 is 12.8. The van der Waals surface area contributed by atoms with E-state index in [1.165, 1.54) is 66.1 Å². The number of benzene rings is 8. The van der Waals surface area contributed by atoms with Gasteiger partial charge in [-0.25, -0.2) is 0 Å². The van der Waals surface area contributed by atoms with Crippen molar-refractivity contribution in [1.82, 2.24) is 0 Å². The standard InChI is InChI=1S/C47H30O2/c1-47(2)39-24-29-12-5-3-10-27(29)20-37(39)45-35(31-18-19-42-36(22-31)34-14-7-8-16-41(34)48-42)23-32(25-40(45)47)33-15-9-17-43-46(33)38-21-28-11-4-6-13-30(28)26-44(38)49-43/h3-26H,1-2H3. The summed E-state index contributed by atoms with van der Waals surface area (Å²) in [7, 11) is 0. The maximum Gasteiger partial charge on any atom is 0.136 e. The second kappa shape index (κ2) is 9.49. The molecule has 0 unspecified atom stereocenters. The smallest absolute Gasteiger partial charge is 0.136 e. The quantitative estimate of drug-likeness (QED) is 0.191. The molecule has 0 saturated heterocycles. The first-order chi connectivity index (χ1) is 24.0. The Balaban J connectivity index is 1.24. The second-order valence-corrected chi connectivity index (χ2v) is 14.1. The van der Waals surface area contributed by atoms with E-state index in [0.29, 0.717) is 0 Å². The highest BCUT2D eigenvalue weighted by Crippen LogP contribution is 2.55. The molecule has 2 nitrogen and oxygen atoms in total. The van der Waals surface area contributed by atoms with Crippen LogP contribution in [0, 0.1) is 0 Å². The van der Waals surface area contributed by atoms with Gasteiger partial charge in [-0.3, -0.25) is 0 Å². The van der Waals surface area contributed by atoms with Gasteiger partial charge in [-0.15, -0.1) is 0 Å². The summed E-state index contributed by atoms with van der Waals surface area (Å²) in [6.07, 6.45) is 0.